The first-order chi connectivity index (χ1) is 7.86. The summed E-state index contributed by atoms with van der Waals surface area (Å²) in [6.07, 6.45) is -4.25. The van der Waals surface area contributed by atoms with Gasteiger partial charge in [0.05, 0.1) is 0 Å². The lowest BCUT2D eigenvalue weighted by Crippen LogP contribution is -2.35. The van der Waals surface area contributed by atoms with E-state index in [0.29, 0.717) is 6.42 Å². The zero-order valence-electron chi connectivity index (χ0n) is 9.06. The van der Waals surface area contributed by atoms with E-state index in [9.17, 15) is 17.2 Å². The van der Waals surface area contributed by atoms with Gasteiger partial charge in [0.25, 0.3) is 6.43 Å². The van der Waals surface area contributed by atoms with Crippen LogP contribution in [0.25, 0.3) is 0 Å². The number of aryl methyl sites for hydroxylation is 1. The molecule has 0 saturated carbocycles. The van der Waals surface area contributed by atoms with Gasteiger partial charge in [-0.1, -0.05) is 6.92 Å². The summed E-state index contributed by atoms with van der Waals surface area (Å²) >= 11 is 1.08. The highest BCUT2D eigenvalue weighted by molar-refractivity contribution is 7.91. The molecule has 1 rings (SSSR count). The number of hydrogen-bond donors (Lipinski definition) is 2. The summed E-state index contributed by atoms with van der Waals surface area (Å²) in [6.45, 7) is 1.19. The van der Waals surface area contributed by atoms with Gasteiger partial charge in [-0.05, 0) is 18.6 Å². The van der Waals surface area contributed by atoms with Crippen LogP contribution in [0, 0.1) is 0 Å². The van der Waals surface area contributed by atoms with Gasteiger partial charge in [0.15, 0.2) is 0 Å². The van der Waals surface area contributed by atoms with E-state index >= 15 is 0 Å². The fourth-order valence-electron chi connectivity index (χ4n) is 1.05. The second-order valence-corrected chi connectivity index (χ2v) is 6.49. The Balaban J connectivity index is 2.69. The van der Waals surface area contributed by atoms with Crippen LogP contribution in [-0.2, 0) is 16.4 Å². The van der Waals surface area contributed by atoms with Gasteiger partial charge in [-0.15, -0.1) is 11.3 Å². The molecule has 0 radical (unpaired) electrons. The van der Waals surface area contributed by atoms with Gasteiger partial charge < -0.3 is 5.11 Å². The van der Waals surface area contributed by atoms with Crippen LogP contribution < -0.4 is 4.72 Å². The van der Waals surface area contributed by atoms with Crippen molar-refractivity contribution in [1.82, 2.24) is 4.72 Å². The van der Waals surface area contributed by atoms with Crippen molar-refractivity contribution in [2.75, 3.05) is 6.54 Å². The molecule has 1 heterocycles. The number of nitrogens with one attached hydrogen (secondary N) is 1. The summed E-state index contributed by atoms with van der Waals surface area (Å²) in [5, 5.41) is 8.81. The van der Waals surface area contributed by atoms with Crippen LogP contribution in [0.2, 0.25) is 0 Å². The average molecular weight is 285 g/mol. The van der Waals surface area contributed by atoms with E-state index in [0.717, 1.165) is 16.2 Å². The number of alkyl halides is 2. The van der Waals surface area contributed by atoms with E-state index < -0.39 is 29.1 Å². The number of thiophene rings is 1. The number of sulfonamides is 1. The molecule has 1 unspecified atom stereocenters. The third kappa shape index (κ3) is 3.98. The van der Waals surface area contributed by atoms with Gasteiger partial charge in [-0.2, -0.15) is 0 Å². The van der Waals surface area contributed by atoms with Gasteiger partial charge >= 0.3 is 0 Å². The predicted octanol–water partition coefficient (Wildman–Crippen LogP) is 1.21. The maximum Gasteiger partial charge on any atom is 0.265 e. The average Bonchev–Trinajstić information content (AvgIpc) is 2.75. The van der Waals surface area contributed by atoms with Crippen LogP contribution in [0.15, 0.2) is 16.3 Å². The monoisotopic (exact) mass is 285 g/mol. The van der Waals surface area contributed by atoms with Gasteiger partial charge in [0.1, 0.15) is 10.3 Å². The van der Waals surface area contributed by atoms with E-state index in [-0.39, 0.29) is 4.21 Å². The van der Waals surface area contributed by atoms with Crippen LogP contribution in [0.5, 0.6) is 0 Å². The standard InChI is InChI=1S/C9H13F2NO3S2/c1-2-6-3-4-8(16-6)17(14,15)12-5-7(13)9(10)11/h3-4,7,9,12-13H,2,5H2,1H3. The lowest BCUT2D eigenvalue weighted by molar-refractivity contribution is -0.000445. The van der Waals surface area contributed by atoms with Gasteiger partial charge in [-0.25, -0.2) is 21.9 Å². The molecule has 0 amide bonds. The molecule has 4 nitrogen and oxygen atoms in total. The molecule has 98 valence electrons. The molecule has 0 bridgehead atoms. The molecular formula is C9H13F2NO3S2. The molecule has 1 aromatic heterocycles. The SMILES string of the molecule is CCc1ccc(S(=O)(=O)NCC(O)C(F)F)s1. The molecule has 17 heavy (non-hydrogen) atoms. The molecule has 0 aromatic carbocycles. The zero-order chi connectivity index (χ0) is 13.1. The second-order valence-electron chi connectivity index (χ2n) is 3.33. The minimum atomic E-state index is -3.80. The summed E-state index contributed by atoms with van der Waals surface area (Å²) in [7, 11) is -3.80. The number of halogens is 2. The van der Waals surface area contributed by atoms with Gasteiger partial charge in [0.2, 0.25) is 10.0 Å². The van der Waals surface area contributed by atoms with E-state index in [1.165, 1.54) is 6.07 Å². The van der Waals surface area contributed by atoms with Crippen molar-refractivity contribution in [2.45, 2.75) is 30.1 Å². The molecular weight excluding hydrogens is 272 g/mol. The molecule has 0 aliphatic carbocycles. The van der Waals surface area contributed by atoms with Crippen molar-refractivity contribution >= 4 is 21.4 Å². The number of aliphatic hydroxyl groups excluding tert-OH is 1. The highest BCUT2D eigenvalue weighted by Gasteiger charge is 2.22. The Morgan fingerprint density at radius 3 is 2.59 bits per heavy atom. The van der Waals surface area contributed by atoms with Crippen LogP contribution in [0.4, 0.5) is 8.78 Å². The Bertz CT molecular complexity index is 459. The van der Waals surface area contributed by atoms with Crippen LogP contribution in [-0.4, -0.2) is 32.6 Å². The normalized spacial score (nSPS) is 14.2. The summed E-state index contributed by atoms with van der Waals surface area (Å²) in [6, 6.07) is 3.09. The number of aliphatic hydroxyl groups is 1. The minimum absolute atomic E-state index is 0.0656. The van der Waals surface area contributed by atoms with Crippen molar-refractivity contribution in [3.05, 3.63) is 17.0 Å². The largest absolute Gasteiger partial charge is 0.386 e. The smallest absolute Gasteiger partial charge is 0.265 e. The fraction of sp³-hybridized carbons (Fsp3) is 0.556. The highest BCUT2D eigenvalue weighted by Crippen LogP contribution is 2.21. The summed E-state index contributed by atoms with van der Waals surface area (Å²) in [5.74, 6) is 0. The molecule has 1 aromatic rings. The quantitative estimate of drug-likeness (QED) is 0.826. The van der Waals surface area contributed by atoms with Gasteiger partial charge in [-0.3, -0.25) is 0 Å². The molecule has 0 fully saturated rings. The zero-order valence-corrected chi connectivity index (χ0v) is 10.7. The third-order valence-electron chi connectivity index (χ3n) is 2.02. The first-order valence-corrected chi connectivity index (χ1v) is 7.21. The third-order valence-corrected chi connectivity index (χ3v) is 5.17. The first kappa shape index (κ1) is 14.5. The van der Waals surface area contributed by atoms with Crippen molar-refractivity contribution in [2.24, 2.45) is 0 Å². The topological polar surface area (TPSA) is 66.4 Å². The van der Waals surface area contributed by atoms with E-state index in [2.05, 4.69) is 0 Å². The van der Waals surface area contributed by atoms with Crippen LogP contribution in [0.1, 0.15) is 11.8 Å². The first-order valence-electron chi connectivity index (χ1n) is 4.91. The van der Waals surface area contributed by atoms with E-state index in [1.54, 1.807) is 6.07 Å². The molecule has 0 aliphatic rings. The van der Waals surface area contributed by atoms with Crippen molar-refractivity contribution in [1.29, 1.82) is 0 Å². The minimum Gasteiger partial charge on any atom is -0.386 e. The molecule has 1 atom stereocenters. The van der Waals surface area contributed by atoms with E-state index in [1.807, 2.05) is 11.6 Å². The maximum atomic E-state index is 12.0. The molecule has 8 heteroatoms. The summed E-state index contributed by atoms with van der Waals surface area (Å²) < 4.78 is 49.2. The predicted molar refractivity (Wildman–Crippen MR) is 60.9 cm³/mol. The molecule has 0 aliphatic heterocycles. The van der Waals surface area contributed by atoms with Crippen LogP contribution >= 0.6 is 11.3 Å². The van der Waals surface area contributed by atoms with Crippen molar-refractivity contribution < 1.29 is 22.3 Å². The Morgan fingerprint density at radius 1 is 1.47 bits per heavy atom. The maximum absolute atomic E-state index is 12.0. The van der Waals surface area contributed by atoms with Crippen LogP contribution in [0.3, 0.4) is 0 Å². The van der Waals surface area contributed by atoms with E-state index in [4.69, 9.17) is 5.11 Å². The lowest BCUT2D eigenvalue weighted by Gasteiger charge is -2.10. The Hall–Kier alpha value is -0.570. The van der Waals surface area contributed by atoms with Crippen molar-refractivity contribution in [3.63, 3.8) is 0 Å². The molecule has 0 spiro atoms. The summed E-state index contributed by atoms with van der Waals surface area (Å²) in [5.41, 5.74) is 0. The van der Waals surface area contributed by atoms with Crippen molar-refractivity contribution in [3.8, 4) is 0 Å². The Labute approximate surface area is 102 Å². The van der Waals surface area contributed by atoms with Gasteiger partial charge in [0, 0.05) is 11.4 Å². The highest BCUT2D eigenvalue weighted by atomic mass is 32.2. The number of hydrogen-bond acceptors (Lipinski definition) is 4. The lowest BCUT2D eigenvalue weighted by atomic mass is 10.4. The fourth-order valence-corrected chi connectivity index (χ4v) is 3.44. The Kier molecular flexibility index (Phi) is 4.99. The Morgan fingerprint density at radius 2 is 2.12 bits per heavy atom. The molecule has 2 N–H and O–H groups in total. The number of rotatable bonds is 6. The summed E-state index contributed by atoms with van der Waals surface area (Å²) in [4.78, 5) is 0.889. The molecule has 0 saturated heterocycles. The second kappa shape index (κ2) is 5.85.